The molecule has 1 aliphatic rings. The molecule has 96 valence electrons. The molecule has 1 saturated heterocycles. The lowest BCUT2D eigenvalue weighted by atomic mass is 9.88. The van der Waals surface area contributed by atoms with E-state index in [-0.39, 0.29) is 5.41 Å². The second kappa shape index (κ2) is 5.28. The zero-order valence-electron chi connectivity index (χ0n) is 10.8. The molecule has 0 spiro atoms. The highest BCUT2D eigenvalue weighted by molar-refractivity contribution is 5.51. The minimum Gasteiger partial charge on any atom is -0.496 e. The molecular weight excluding hydrogens is 228 g/mol. The zero-order valence-corrected chi connectivity index (χ0v) is 10.8. The van der Waals surface area contributed by atoms with Crippen LogP contribution < -0.4 is 10.1 Å². The van der Waals surface area contributed by atoms with Gasteiger partial charge >= 0.3 is 0 Å². The molecule has 1 aromatic carbocycles. The predicted octanol–water partition coefficient (Wildman–Crippen LogP) is 2.21. The molecule has 1 heterocycles. The van der Waals surface area contributed by atoms with Gasteiger partial charge in [0.1, 0.15) is 11.2 Å². The van der Waals surface area contributed by atoms with Crippen molar-refractivity contribution in [1.82, 2.24) is 0 Å². The van der Waals surface area contributed by atoms with E-state index >= 15 is 0 Å². The largest absolute Gasteiger partial charge is 0.496 e. The first-order valence-electron chi connectivity index (χ1n) is 6.13. The van der Waals surface area contributed by atoms with Gasteiger partial charge in [-0.1, -0.05) is 6.92 Å². The van der Waals surface area contributed by atoms with E-state index in [0.717, 1.165) is 17.9 Å². The minimum atomic E-state index is -0.355. The lowest BCUT2D eigenvalue weighted by molar-refractivity contribution is -0.0690. The average Bonchev–Trinajstić information content (AvgIpc) is 2.37. The van der Waals surface area contributed by atoms with Crippen molar-refractivity contribution in [3.05, 3.63) is 23.8 Å². The highest BCUT2D eigenvalue weighted by atomic mass is 16.5. The van der Waals surface area contributed by atoms with E-state index in [0.29, 0.717) is 19.8 Å². The summed E-state index contributed by atoms with van der Waals surface area (Å²) in [5.74, 6) is 0.907. The van der Waals surface area contributed by atoms with Crippen LogP contribution in [0.2, 0.25) is 0 Å². The molecule has 0 atom stereocenters. The van der Waals surface area contributed by atoms with Crippen LogP contribution in [0.15, 0.2) is 18.2 Å². The van der Waals surface area contributed by atoms with Crippen LogP contribution in [-0.2, 0) is 11.2 Å². The first kappa shape index (κ1) is 12.7. The molecule has 1 aromatic rings. The monoisotopic (exact) mass is 246 g/mol. The molecular formula is C14H18N2O2. The van der Waals surface area contributed by atoms with Crippen LogP contribution in [0, 0.1) is 16.7 Å². The molecule has 0 aliphatic carbocycles. The molecule has 0 saturated carbocycles. The van der Waals surface area contributed by atoms with Crippen LogP contribution in [-0.4, -0.2) is 26.9 Å². The molecule has 4 heteroatoms. The minimum absolute atomic E-state index is 0.355. The fourth-order valence-electron chi connectivity index (χ4n) is 1.99. The number of aryl methyl sites for hydroxylation is 1. The first-order chi connectivity index (χ1) is 8.73. The first-order valence-corrected chi connectivity index (χ1v) is 6.13. The molecule has 0 bridgehead atoms. The van der Waals surface area contributed by atoms with Gasteiger partial charge in [-0.3, -0.25) is 0 Å². The van der Waals surface area contributed by atoms with E-state index in [1.54, 1.807) is 7.11 Å². The number of benzene rings is 1. The Labute approximate surface area is 108 Å². The van der Waals surface area contributed by atoms with Gasteiger partial charge in [-0.05, 0) is 30.2 Å². The van der Waals surface area contributed by atoms with Gasteiger partial charge < -0.3 is 14.8 Å². The van der Waals surface area contributed by atoms with Gasteiger partial charge in [-0.25, -0.2) is 0 Å². The van der Waals surface area contributed by atoms with Crippen molar-refractivity contribution in [2.24, 2.45) is 5.41 Å². The summed E-state index contributed by atoms with van der Waals surface area (Å²) >= 11 is 0. The number of nitrogens with one attached hydrogen (secondary N) is 1. The average molecular weight is 246 g/mol. The molecule has 4 nitrogen and oxygen atoms in total. The highest BCUT2D eigenvalue weighted by Gasteiger charge is 2.38. The maximum atomic E-state index is 9.11. The van der Waals surface area contributed by atoms with Crippen LogP contribution in [0.1, 0.15) is 12.5 Å². The molecule has 0 radical (unpaired) electrons. The van der Waals surface area contributed by atoms with E-state index in [4.69, 9.17) is 14.7 Å². The quantitative estimate of drug-likeness (QED) is 0.865. The van der Waals surface area contributed by atoms with Crippen LogP contribution in [0.5, 0.6) is 5.75 Å². The Morgan fingerprint density at radius 3 is 2.78 bits per heavy atom. The Morgan fingerprint density at radius 1 is 1.50 bits per heavy atom. The second-order valence-corrected chi connectivity index (χ2v) is 4.62. The summed E-state index contributed by atoms with van der Waals surface area (Å²) in [6.45, 7) is 3.76. The SMILES string of the molecule is CCc1cc(NCC2(C#N)COC2)ccc1OC. The molecule has 0 unspecified atom stereocenters. The van der Waals surface area contributed by atoms with E-state index in [9.17, 15) is 0 Å². The van der Waals surface area contributed by atoms with Crippen molar-refractivity contribution in [1.29, 1.82) is 5.26 Å². The number of nitriles is 1. The molecule has 1 aliphatic heterocycles. The topological polar surface area (TPSA) is 54.3 Å². The summed E-state index contributed by atoms with van der Waals surface area (Å²) in [5, 5.41) is 12.4. The van der Waals surface area contributed by atoms with E-state index in [1.807, 2.05) is 12.1 Å². The third-order valence-corrected chi connectivity index (χ3v) is 3.29. The van der Waals surface area contributed by atoms with Gasteiger partial charge in [0, 0.05) is 12.2 Å². The Morgan fingerprint density at radius 2 is 2.28 bits per heavy atom. The van der Waals surface area contributed by atoms with Crippen LogP contribution >= 0.6 is 0 Å². The van der Waals surface area contributed by atoms with Crippen molar-refractivity contribution < 1.29 is 9.47 Å². The maximum Gasteiger partial charge on any atom is 0.122 e. The van der Waals surface area contributed by atoms with Crippen LogP contribution in [0.4, 0.5) is 5.69 Å². The number of methoxy groups -OCH3 is 1. The Bertz CT molecular complexity index is 461. The number of ether oxygens (including phenoxy) is 2. The van der Waals surface area contributed by atoms with Crippen LogP contribution in [0.3, 0.4) is 0 Å². The number of rotatable bonds is 5. The van der Waals surface area contributed by atoms with Gasteiger partial charge in [0.05, 0.1) is 26.4 Å². The van der Waals surface area contributed by atoms with Crippen LogP contribution in [0.25, 0.3) is 0 Å². The van der Waals surface area contributed by atoms with E-state index in [2.05, 4.69) is 24.4 Å². The van der Waals surface area contributed by atoms with Gasteiger partial charge in [0.15, 0.2) is 0 Å². The van der Waals surface area contributed by atoms with Gasteiger partial charge in [0.25, 0.3) is 0 Å². The fourth-order valence-corrected chi connectivity index (χ4v) is 1.99. The Hall–Kier alpha value is -1.73. The third-order valence-electron chi connectivity index (χ3n) is 3.29. The normalized spacial score (nSPS) is 16.5. The number of hydrogen-bond acceptors (Lipinski definition) is 4. The van der Waals surface area contributed by atoms with E-state index in [1.165, 1.54) is 5.56 Å². The summed E-state index contributed by atoms with van der Waals surface area (Å²) in [7, 11) is 1.68. The number of nitrogens with zero attached hydrogens (tertiary/aromatic N) is 1. The molecule has 2 rings (SSSR count). The van der Waals surface area contributed by atoms with Gasteiger partial charge in [-0.2, -0.15) is 5.26 Å². The fraction of sp³-hybridized carbons (Fsp3) is 0.500. The number of hydrogen-bond donors (Lipinski definition) is 1. The highest BCUT2D eigenvalue weighted by Crippen LogP contribution is 2.28. The van der Waals surface area contributed by atoms with Crippen molar-refractivity contribution in [3.8, 4) is 11.8 Å². The van der Waals surface area contributed by atoms with E-state index < -0.39 is 0 Å². The van der Waals surface area contributed by atoms with Gasteiger partial charge in [-0.15, -0.1) is 0 Å². The molecule has 1 fully saturated rings. The predicted molar refractivity (Wildman–Crippen MR) is 69.7 cm³/mol. The summed E-state index contributed by atoms with van der Waals surface area (Å²) in [6.07, 6.45) is 0.922. The van der Waals surface area contributed by atoms with Crippen molar-refractivity contribution in [3.63, 3.8) is 0 Å². The molecule has 0 amide bonds. The molecule has 18 heavy (non-hydrogen) atoms. The Balaban J connectivity index is 2.04. The lowest BCUT2D eigenvalue weighted by Crippen LogP contribution is -2.46. The summed E-state index contributed by atoms with van der Waals surface area (Å²) < 4.78 is 10.4. The second-order valence-electron chi connectivity index (χ2n) is 4.62. The lowest BCUT2D eigenvalue weighted by Gasteiger charge is -2.35. The van der Waals surface area contributed by atoms with Crippen molar-refractivity contribution in [2.75, 3.05) is 32.2 Å². The van der Waals surface area contributed by atoms with Crippen molar-refractivity contribution in [2.45, 2.75) is 13.3 Å². The number of anilines is 1. The standard InChI is InChI=1S/C14H18N2O2/c1-3-11-6-12(4-5-13(11)17-2)16-8-14(7-15)9-18-10-14/h4-6,16H,3,8-10H2,1-2H3. The molecule has 1 N–H and O–H groups in total. The summed E-state index contributed by atoms with van der Waals surface area (Å²) in [6, 6.07) is 8.33. The van der Waals surface area contributed by atoms with Crippen molar-refractivity contribution >= 4 is 5.69 Å². The molecule has 0 aromatic heterocycles. The summed E-state index contributed by atoms with van der Waals surface area (Å²) in [4.78, 5) is 0. The smallest absolute Gasteiger partial charge is 0.122 e. The maximum absolute atomic E-state index is 9.11. The Kier molecular flexibility index (Phi) is 3.73. The van der Waals surface area contributed by atoms with Gasteiger partial charge in [0.2, 0.25) is 0 Å². The zero-order chi connectivity index (χ0) is 13.0. The summed E-state index contributed by atoms with van der Waals surface area (Å²) in [5.41, 5.74) is 1.83. The third kappa shape index (κ3) is 2.41.